The largest absolute Gasteiger partial charge is 0.480 e. The Kier molecular flexibility index (Phi) is 8.08. The molecule has 0 aliphatic carbocycles. The second-order valence-electron chi connectivity index (χ2n) is 4.65. The Morgan fingerprint density at radius 3 is 2.62 bits per heavy atom. The van der Waals surface area contributed by atoms with Crippen molar-refractivity contribution in [1.82, 2.24) is 10.6 Å². The molecule has 0 aromatic heterocycles. The molecule has 3 N–H and O–H groups in total. The number of carboxylic acids is 1. The van der Waals surface area contributed by atoms with E-state index >= 15 is 0 Å². The number of ether oxygens (including phenoxy) is 1. The number of nitrogens with one attached hydrogen (secondary N) is 2. The third kappa shape index (κ3) is 7.43. The Bertz CT molecular complexity index is 437. The minimum absolute atomic E-state index is 0.0818. The molecule has 0 fully saturated rings. The first-order valence-electron chi connectivity index (χ1n) is 6.89. The topological polar surface area (TPSA) is 87.7 Å². The average molecular weight is 294 g/mol. The van der Waals surface area contributed by atoms with E-state index in [1.165, 1.54) is 0 Å². The molecule has 0 heterocycles. The van der Waals surface area contributed by atoms with Crippen molar-refractivity contribution in [2.24, 2.45) is 0 Å². The molecule has 0 bridgehead atoms. The van der Waals surface area contributed by atoms with Gasteiger partial charge in [-0.15, -0.1) is 0 Å². The molecule has 0 saturated carbocycles. The normalized spacial score (nSPS) is 11.9. The number of benzene rings is 1. The molecule has 1 unspecified atom stereocenters. The summed E-state index contributed by atoms with van der Waals surface area (Å²) in [7, 11) is 1.58. The molecule has 6 nitrogen and oxygen atoms in total. The van der Waals surface area contributed by atoms with E-state index in [0.717, 1.165) is 5.56 Å². The van der Waals surface area contributed by atoms with Gasteiger partial charge in [-0.2, -0.15) is 0 Å². The van der Waals surface area contributed by atoms with E-state index in [2.05, 4.69) is 10.6 Å². The van der Waals surface area contributed by atoms with Crippen molar-refractivity contribution >= 4 is 11.9 Å². The van der Waals surface area contributed by atoms with Gasteiger partial charge in [-0.25, -0.2) is 4.79 Å². The van der Waals surface area contributed by atoms with E-state index in [9.17, 15) is 9.59 Å². The predicted molar refractivity (Wildman–Crippen MR) is 79.1 cm³/mol. The van der Waals surface area contributed by atoms with Crippen LogP contribution in [0.4, 0.5) is 0 Å². The molecule has 0 saturated heterocycles. The molecular weight excluding hydrogens is 272 g/mol. The highest BCUT2D eigenvalue weighted by molar-refractivity contribution is 5.84. The first kappa shape index (κ1) is 17.1. The van der Waals surface area contributed by atoms with E-state index in [1.54, 1.807) is 7.11 Å². The second kappa shape index (κ2) is 9.90. The van der Waals surface area contributed by atoms with Gasteiger partial charge in [-0.1, -0.05) is 30.3 Å². The van der Waals surface area contributed by atoms with Crippen molar-refractivity contribution in [1.29, 1.82) is 0 Å². The molecular formula is C15H22N2O4. The van der Waals surface area contributed by atoms with E-state index < -0.39 is 12.0 Å². The van der Waals surface area contributed by atoms with E-state index in [0.29, 0.717) is 26.0 Å². The van der Waals surface area contributed by atoms with Gasteiger partial charge in [-0.05, 0) is 18.4 Å². The van der Waals surface area contributed by atoms with Gasteiger partial charge in [0.05, 0.1) is 13.2 Å². The highest BCUT2D eigenvalue weighted by Gasteiger charge is 2.19. The van der Waals surface area contributed by atoms with Crippen LogP contribution in [0.3, 0.4) is 0 Å². The van der Waals surface area contributed by atoms with E-state index in [1.807, 2.05) is 30.3 Å². The highest BCUT2D eigenvalue weighted by Crippen LogP contribution is 2.05. The van der Waals surface area contributed by atoms with Crippen LogP contribution >= 0.6 is 0 Å². The smallest absolute Gasteiger partial charge is 0.326 e. The number of methoxy groups -OCH3 is 1. The molecule has 0 aliphatic rings. The molecule has 0 radical (unpaired) electrons. The summed E-state index contributed by atoms with van der Waals surface area (Å²) in [5.74, 6) is -1.34. The molecule has 1 amide bonds. The summed E-state index contributed by atoms with van der Waals surface area (Å²) < 4.78 is 4.84. The monoisotopic (exact) mass is 294 g/mol. The molecule has 0 spiro atoms. The number of hydrogen-bond donors (Lipinski definition) is 3. The number of carboxylic acid groups (broad SMARTS) is 1. The third-order valence-corrected chi connectivity index (χ3v) is 2.97. The lowest BCUT2D eigenvalue weighted by atomic mass is 10.1. The number of aryl methyl sites for hydroxylation is 1. The molecule has 0 aliphatic heterocycles. The molecule has 1 rings (SSSR count). The maximum atomic E-state index is 11.7. The first-order chi connectivity index (χ1) is 10.1. The van der Waals surface area contributed by atoms with Gasteiger partial charge in [-0.3, -0.25) is 4.79 Å². The van der Waals surface area contributed by atoms with Gasteiger partial charge in [0.2, 0.25) is 5.91 Å². The maximum absolute atomic E-state index is 11.7. The van der Waals surface area contributed by atoms with Crippen molar-refractivity contribution in [2.45, 2.75) is 18.9 Å². The van der Waals surface area contributed by atoms with E-state index in [-0.39, 0.29) is 12.5 Å². The molecule has 21 heavy (non-hydrogen) atoms. The quantitative estimate of drug-likeness (QED) is 0.545. The van der Waals surface area contributed by atoms with Crippen LogP contribution in [0.2, 0.25) is 0 Å². The minimum atomic E-state index is -1.02. The fourth-order valence-corrected chi connectivity index (χ4v) is 1.83. The Balaban J connectivity index is 2.35. The van der Waals surface area contributed by atoms with Crippen molar-refractivity contribution in [3.63, 3.8) is 0 Å². The summed E-state index contributed by atoms with van der Waals surface area (Å²) in [5, 5.41) is 14.6. The molecule has 1 aromatic carbocycles. The lowest BCUT2D eigenvalue weighted by Gasteiger charge is -2.14. The van der Waals surface area contributed by atoms with Crippen LogP contribution < -0.4 is 10.6 Å². The number of carbonyl (C=O) groups is 2. The average Bonchev–Trinajstić information content (AvgIpc) is 2.48. The van der Waals surface area contributed by atoms with Gasteiger partial charge >= 0.3 is 5.97 Å². The van der Waals surface area contributed by atoms with Crippen molar-refractivity contribution in [3.8, 4) is 0 Å². The standard InChI is InChI=1S/C15H22N2O4/c1-21-10-9-16-11-14(18)17-13(15(19)20)8-7-12-5-3-2-4-6-12/h2-6,13,16H,7-11H2,1H3,(H,17,18)(H,19,20). The van der Waals surface area contributed by atoms with Gasteiger partial charge < -0.3 is 20.5 Å². The zero-order valence-corrected chi connectivity index (χ0v) is 12.2. The van der Waals surface area contributed by atoms with Crippen LogP contribution in [0.5, 0.6) is 0 Å². The maximum Gasteiger partial charge on any atom is 0.326 e. The summed E-state index contributed by atoms with van der Waals surface area (Å²) >= 11 is 0. The van der Waals surface area contributed by atoms with Crippen LogP contribution in [-0.2, 0) is 20.7 Å². The summed E-state index contributed by atoms with van der Waals surface area (Å²) in [5.41, 5.74) is 1.05. The summed E-state index contributed by atoms with van der Waals surface area (Å²) in [6, 6.07) is 8.72. The fourth-order valence-electron chi connectivity index (χ4n) is 1.83. The summed E-state index contributed by atoms with van der Waals surface area (Å²) in [6.07, 6.45) is 0.971. The van der Waals surface area contributed by atoms with Crippen molar-refractivity contribution < 1.29 is 19.4 Å². The zero-order valence-electron chi connectivity index (χ0n) is 12.2. The SMILES string of the molecule is COCCNCC(=O)NC(CCc1ccccc1)C(=O)O. The van der Waals surface area contributed by atoms with Gasteiger partial charge in [0.25, 0.3) is 0 Å². The van der Waals surface area contributed by atoms with Crippen molar-refractivity contribution in [3.05, 3.63) is 35.9 Å². The van der Waals surface area contributed by atoms with Crippen LogP contribution in [0.15, 0.2) is 30.3 Å². The lowest BCUT2D eigenvalue weighted by Crippen LogP contribution is -2.45. The number of rotatable bonds is 10. The Morgan fingerprint density at radius 2 is 2.00 bits per heavy atom. The van der Waals surface area contributed by atoms with Gasteiger partial charge in [0.1, 0.15) is 6.04 Å². The van der Waals surface area contributed by atoms with Crippen LogP contribution in [0, 0.1) is 0 Å². The lowest BCUT2D eigenvalue weighted by molar-refractivity contribution is -0.141. The summed E-state index contributed by atoms with van der Waals surface area (Å²) in [6.45, 7) is 1.13. The summed E-state index contributed by atoms with van der Waals surface area (Å²) in [4.78, 5) is 22.8. The zero-order chi connectivity index (χ0) is 15.5. The second-order valence-corrected chi connectivity index (χ2v) is 4.65. The Labute approximate surface area is 124 Å². The number of amides is 1. The van der Waals surface area contributed by atoms with Gasteiger partial charge in [0, 0.05) is 13.7 Å². The van der Waals surface area contributed by atoms with Crippen LogP contribution in [0.25, 0.3) is 0 Å². The highest BCUT2D eigenvalue weighted by atomic mass is 16.5. The minimum Gasteiger partial charge on any atom is -0.480 e. The molecule has 1 aromatic rings. The number of aliphatic carboxylic acids is 1. The number of carbonyl (C=O) groups excluding carboxylic acids is 1. The fraction of sp³-hybridized carbons (Fsp3) is 0.467. The van der Waals surface area contributed by atoms with Crippen LogP contribution in [0.1, 0.15) is 12.0 Å². The Hall–Kier alpha value is -1.92. The third-order valence-electron chi connectivity index (χ3n) is 2.97. The Morgan fingerprint density at radius 1 is 1.29 bits per heavy atom. The van der Waals surface area contributed by atoms with Crippen molar-refractivity contribution in [2.75, 3.05) is 26.8 Å². The molecule has 1 atom stereocenters. The predicted octanol–water partition coefficient (Wildman–Crippen LogP) is 0.425. The van der Waals surface area contributed by atoms with Gasteiger partial charge in [0.15, 0.2) is 0 Å². The first-order valence-corrected chi connectivity index (χ1v) is 6.89. The molecule has 6 heteroatoms. The number of hydrogen-bond acceptors (Lipinski definition) is 4. The van der Waals surface area contributed by atoms with E-state index in [4.69, 9.17) is 9.84 Å². The van der Waals surface area contributed by atoms with Crippen LogP contribution in [-0.4, -0.2) is 49.8 Å². The molecule has 116 valence electrons.